The molecule has 3 rings (SSSR count). The van der Waals surface area contributed by atoms with Crippen LogP contribution in [-0.2, 0) is 4.74 Å². The van der Waals surface area contributed by atoms with Gasteiger partial charge in [-0.2, -0.15) is 0 Å². The van der Waals surface area contributed by atoms with Crippen molar-refractivity contribution in [3.05, 3.63) is 11.6 Å². The van der Waals surface area contributed by atoms with E-state index in [4.69, 9.17) is 4.74 Å². The summed E-state index contributed by atoms with van der Waals surface area (Å²) in [6.45, 7) is 9.58. The van der Waals surface area contributed by atoms with E-state index < -0.39 is 0 Å². The molecule has 0 aromatic carbocycles. The van der Waals surface area contributed by atoms with Gasteiger partial charge in [0.2, 0.25) is 0 Å². The summed E-state index contributed by atoms with van der Waals surface area (Å²) in [6.07, 6.45) is 9.18. The van der Waals surface area contributed by atoms with Crippen molar-refractivity contribution in [2.45, 2.75) is 71.5 Å². The summed E-state index contributed by atoms with van der Waals surface area (Å²) in [6, 6.07) is 0. The van der Waals surface area contributed by atoms with E-state index in [0.717, 1.165) is 6.42 Å². The van der Waals surface area contributed by atoms with Crippen LogP contribution in [0.4, 0.5) is 0 Å². The van der Waals surface area contributed by atoms with Gasteiger partial charge in [0, 0.05) is 5.41 Å². The minimum Gasteiger partial charge on any atom is -0.370 e. The molecule has 2 bridgehead atoms. The van der Waals surface area contributed by atoms with Gasteiger partial charge in [-0.25, -0.2) is 0 Å². The highest BCUT2D eigenvalue weighted by Gasteiger charge is 2.69. The summed E-state index contributed by atoms with van der Waals surface area (Å²) in [5.41, 5.74) is 2.48. The quantitative estimate of drug-likeness (QED) is 0.559. The normalized spacial score (nSPS) is 49.8. The molecule has 1 spiro atoms. The van der Waals surface area contributed by atoms with E-state index in [1.165, 1.54) is 25.7 Å². The molecule has 1 heteroatoms. The van der Waals surface area contributed by atoms with Crippen molar-refractivity contribution in [3.63, 3.8) is 0 Å². The van der Waals surface area contributed by atoms with Crippen molar-refractivity contribution < 1.29 is 4.74 Å². The van der Waals surface area contributed by atoms with E-state index in [9.17, 15) is 0 Å². The fourth-order valence-electron chi connectivity index (χ4n) is 4.43. The maximum Gasteiger partial charge on any atom is 0.0783 e. The number of hydrogen-bond donors (Lipinski definition) is 0. The van der Waals surface area contributed by atoms with Crippen molar-refractivity contribution in [2.24, 2.45) is 10.8 Å². The van der Waals surface area contributed by atoms with Crippen molar-refractivity contribution in [2.75, 3.05) is 0 Å². The van der Waals surface area contributed by atoms with Gasteiger partial charge in [0.05, 0.1) is 11.7 Å². The third kappa shape index (κ3) is 1.01. The van der Waals surface area contributed by atoms with E-state index in [-0.39, 0.29) is 5.60 Å². The third-order valence-corrected chi connectivity index (χ3v) is 6.21. The minimum absolute atomic E-state index is 0.166. The molecule has 0 amide bonds. The molecule has 0 aromatic heterocycles. The van der Waals surface area contributed by atoms with Crippen LogP contribution in [0.15, 0.2) is 11.6 Å². The van der Waals surface area contributed by atoms with Crippen LogP contribution in [0.5, 0.6) is 0 Å². The lowest BCUT2D eigenvalue weighted by atomic mass is 9.58. The Bertz CT molecular complexity index is 354. The minimum atomic E-state index is 0.166. The Labute approximate surface area is 99.3 Å². The fraction of sp³-hybridized carbons (Fsp3) is 0.867. The van der Waals surface area contributed by atoms with Crippen LogP contribution in [0.1, 0.15) is 59.8 Å². The van der Waals surface area contributed by atoms with Crippen LogP contribution in [-0.4, -0.2) is 11.7 Å². The molecule has 1 heterocycles. The topological polar surface area (TPSA) is 9.23 Å². The molecule has 2 fully saturated rings. The second-order valence-corrected chi connectivity index (χ2v) is 6.95. The molecule has 0 aromatic rings. The van der Waals surface area contributed by atoms with Crippen LogP contribution in [0.3, 0.4) is 0 Å². The Morgan fingerprint density at radius 3 is 2.44 bits per heavy atom. The van der Waals surface area contributed by atoms with Gasteiger partial charge in [0.15, 0.2) is 0 Å². The van der Waals surface area contributed by atoms with Crippen molar-refractivity contribution in [1.29, 1.82) is 0 Å². The lowest BCUT2D eigenvalue weighted by Gasteiger charge is -2.48. The van der Waals surface area contributed by atoms with E-state index >= 15 is 0 Å². The van der Waals surface area contributed by atoms with Crippen LogP contribution >= 0.6 is 0 Å². The third-order valence-electron chi connectivity index (χ3n) is 6.21. The number of fused-ring (bicyclic) bond motifs is 3. The Morgan fingerprint density at radius 1 is 1.25 bits per heavy atom. The number of ether oxygens (including phenoxy) is 1. The molecule has 16 heavy (non-hydrogen) atoms. The first kappa shape index (κ1) is 10.8. The zero-order chi connectivity index (χ0) is 11.6. The maximum absolute atomic E-state index is 6.51. The second-order valence-electron chi connectivity index (χ2n) is 6.95. The van der Waals surface area contributed by atoms with Crippen molar-refractivity contribution >= 4 is 0 Å². The highest BCUT2D eigenvalue weighted by atomic mass is 16.5. The first-order valence-electron chi connectivity index (χ1n) is 6.75. The van der Waals surface area contributed by atoms with Crippen LogP contribution < -0.4 is 0 Å². The molecule has 1 nitrogen and oxygen atoms in total. The molecule has 3 aliphatic rings. The molecule has 3 atom stereocenters. The van der Waals surface area contributed by atoms with Gasteiger partial charge in [-0.05, 0) is 44.4 Å². The molecule has 1 saturated carbocycles. The zero-order valence-electron chi connectivity index (χ0n) is 11.1. The molecular formula is C15H24O. The average molecular weight is 220 g/mol. The molecule has 1 saturated heterocycles. The fourth-order valence-corrected chi connectivity index (χ4v) is 4.43. The highest BCUT2D eigenvalue weighted by Crippen LogP contribution is 2.69. The Kier molecular flexibility index (Phi) is 1.98. The zero-order valence-corrected chi connectivity index (χ0v) is 11.1. The first-order valence-corrected chi connectivity index (χ1v) is 6.75. The van der Waals surface area contributed by atoms with Crippen LogP contribution in [0, 0.1) is 10.8 Å². The Morgan fingerprint density at radius 2 is 2.00 bits per heavy atom. The lowest BCUT2D eigenvalue weighted by molar-refractivity contribution is -0.121. The molecule has 3 unspecified atom stereocenters. The summed E-state index contributed by atoms with van der Waals surface area (Å²) in [4.78, 5) is 0. The molecule has 0 radical (unpaired) electrons. The van der Waals surface area contributed by atoms with Crippen LogP contribution in [0.25, 0.3) is 0 Å². The molecular weight excluding hydrogens is 196 g/mol. The predicted molar refractivity (Wildman–Crippen MR) is 66.3 cm³/mol. The van der Waals surface area contributed by atoms with Gasteiger partial charge >= 0.3 is 0 Å². The van der Waals surface area contributed by atoms with E-state index in [0.29, 0.717) is 16.9 Å². The van der Waals surface area contributed by atoms with Crippen molar-refractivity contribution in [1.82, 2.24) is 0 Å². The van der Waals surface area contributed by atoms with Crippen molar-refractivity contribution in [3.8, 4) is 0 Å². The summed E-state index contributed by atoms with van der Waals surface area (Å²) >= 11 is 0. The summed E-state index contributed by atoms with van der Waals surface area (Å²) in [5, 5.41) is 0. The highest BCUT2D eigenvalue weighted by molar-refractivity contribution is 5.22. The van der Waals surface area contributed by atoms with E-state index in [2.05, 4.69) is 33.8 Å². The summed E-state index contributed by atoms with van der Waals surface area (Å²) < 4.78 is 6.51. The number of hydrogen-bond acceptors (Lipinski definition) is 1. The monoisotopic (exact) mass is 220 g/mol. The van der Waals surface area contributed by atoms with Gasteiger partial charge in [0.1, 0.15) is 0 Å². The first-order chi connectivity index (χ1) is 7.41. The molecule has 1 aliphatic heterocycles. The SMILES string of the molecule is CC1=CCC2(CC1)OC1CCC2(C)C1(C)C. The Hall–Kier alpha value is -0.300. The van der Waals surface area contributed by atoms with Crippen LogP contribution in [0.2, 0.25) is 0 Å². The predicted octanol–water partition coefficient (Wildman–Crippen LogP) is 4.08. The van der Waals surface area contributed by atoms with E-state index in [1.807, 2.05) is 0 Å². The lowest BCUT2D eigenvalue weighted by Crippen LogP contribution is -2.48. The van der Waals surface area contributed by atoms with Gasteiger partial charge < -0.3 is 4.74 Å². The van der Waals surface area contributed by atoms with Gasteiger partial charge in [-0.15, -0.1) is 0 Å². The van der Waals surface area contributed by atoms with Gasteiger partial charge in [-0.1, -0.05) is 32.4 Å². The molecule has 2 aliphatic carbocycles. The maximum atomic E-state index is 6.51. The van der Waals surface area contributed by atoms with Gasteiger partial charge in [-0.3, -0.25) is 0 Å². The Balaban J connectivity index is 2.01. The van der Waals surface area contributed by atoms with E-state index in [1.54, 1.807) is 5.57 Å². The number of rotatable bonds is 0. The number of allylic oxidation sites excluding steroid dienone is 1. The largest absolute Gasteiger partial charge is 0.370 e. The smallest absolute Gasteiger partial charge is 0.0783 e. The summed E-state index contributed by atoms with van der Waals surface area (Å²) in [7, 11) is 0. The molecule has 0 N–H and O–H groups in total. The van der Waals surface area contributed by atoms with Gasteiger partial charge in [0.25, 0.3) is 0 Å². The molecule has 90 valence electrons. The standard InChI is InChI=1S/C15H24O/c1-11-5-9-15(10-6-11)14(4)8-7-12(16-15)13(14,2)3/h5,12H,6-10H2,1-4H3. The second kappa shape index (κ2) is 2.93. The average Bonchev–Trinajstić information content (AvgIpc) is 2.54. The summed E-state index contributed by atoms with van der Waals surface area (Å²) in [5.74, 6) is 0.